The van der Waals surface area contributed by atoms with Gasteiger partial charge in [0.1, 0.15) is 0 Å². The Morgan fingerprint density at radius 3 is 2.50 bits per heavy atom. The topological polar surface area (TPSA) is 92.8 Å². The summed E-state index contributed by atoms with van der Waals surface area (Å²) in [4.78, 5) is 11.9. The van der Waals surface area contributed by atoms with Crippen LogP contribution < -0.4 is 5.73 Å². The van der Waals surface area contributed by atoms with Crippen LogP contribution in [-0.4, -0.2) is 41.0 Å². The average Bonchev–Trinajstić information content (AvgIpc) is 2.61. The van der Waals surface area contributed by atoms with Gasteiger partial charge in [-0.05, 0) is 39.0 Å². The minimum absolute atomic E-state index is 0.227. The number of aliphatic hydroxyl groups is 2. The zero-order valence-corrected chi connectivity index (χ0v) is 10.8. The number of rotatable bonds is 2. The van der Waals surface area contributed by atoms with E-state index < -0.39 is 23.5 Å². The second kappa shape index (κ2) is 5.15. The van der Waals surface area contributed by atoms with Gasteiger partial charge in [0.25, 0.3) is 0 Å². The third kappa shape index (κ3) is 2.15. The summed E-state index contributed by atoms with van der Waals surface area (Å²) in [6.45, 7) is 2.10. The first kappa shape index (κ1) is 13.8. The SMILES string of the molecule is CCOC(=O)C1CC2(CCC1N)C(O)CCC2O. The Morgan fingerprint density at radius 2 is 1.94 bits per heavy atom. The predicted octanol–water partition coefficient (Wildman–Crippen LogP) is 0.179. The highest BCUT2D eigenvalue weighted by atomic mass is 16.5. The van der Waals surface area contributed by atoms with Crippen molar-refractivity contribution in [1.82, 2.24) is 0 Å². The van der Waals surface area contributed by atoms with Gasteiger partial charge in [-0.25, -0.2) is 0 Å². The van der Waals surface area contributed by atoms with Crippen molar-refractivity contribution in [1.29, 1.82) is 0 Å². The van der Waals surface area contributed by atoms with Gasteiger partial charge in [-0.1, -0.05) is 0 Å². The number of hydrogen-bond donors (Lipinski definition) is 3. The lowest BCUT2D eigenvalue weighted by Gasteiger charge is -2.44. The number of aliphatic hydroxyl groups excluding tert-OH is 2. The molecule has 4 atom stereocenters. The molecule has 2 aliphatic rings. The largest absolute Gasteiger partial charge is 0.466 e. The molecule has 4 unspecified atom stereocenters. The van der Waals surface area contributed by atoms with Crippen LogP contribution >= 0.6 is 0 Å². The fraction of sp³-hybridized carbons (Fsp3) is 0.923. The van der Waals surface area contributed by atoms with E-state index in [0.717, 1.165) is 0 Å². The average molecular weight is 257 g/mol. The molecule has 0 aromatic rings. The fourth-order valence-electron chi connectivity index (χ4n) is 3.52. The van der Waals surface area contributed by atoms with Crippen LogP contribution in [0.15, 0.2) is 0 Å². The summed E-state index contributed by atoms with van der Waals surface area (Å²) in [5.74, 6) is -0.698. The van der Waals surface area contributed by atoms with Crippen molar-refractivity contribution in [2.24, 2.45) is 17.1 Å². The zero-order valence-electron chi connectivity index (χ0n) is 10.8. The van der Waals surface area contributed by atoms with E-state index in [2.05, 4.69) is 0 Å². The first-order valence-electron chi connectivity index (χ1n) is 6.79. The maximum Gasteiger partial charge on any atom is 0.310 e. The molecule has 5 nitrogen and oxygen atoms in total. The minimum atomic E-state index is -0.548. The van der Waals surface area contributed by atoms with E-state index in [9.17, 15) is 15.0 Å². The van der Waals surface area contributed by atoms with Gasteiger partial charge >= 0.3 is 5.97 Å². The van der Waals surface area contributed by atoms with E-state index in [-0.39, 0.29) is 12.0 Å². The van der Waals surface area contributed by atoms with Gasteiger partial charge in [-0.3, -0.25) is 4.79 Å². The Balaban J connectivity index is 2.15. The molecule has 0 amide bonds. The predicted molar refractivity (Wildman–Crippen MR) is 65.6 cm³/mol. The zero-order chi connectivity index (χ0) is 13.3. The monoisotopic (exact) mass is 257 g/mol. The van der Waals surface area contributed by atoms with Gasteiger partial charge in [0.05, 0.1) is 24.7 Å². The summed E-state index contributed by atoms with van der Waals surface area (Å²) in [5.41, 5.74) is 5.44. The van der Waals surface area contributed by atoms with Crippen molar-refractivity contribution in [3.63, 3.8) is 0 Å². The molecule has 0 aromatic carbocycles. The molecule has 1 spiro atoms. The van der Waals surface area contributed by atoms with Crippen LogP contribution in [-0.2, 0) is 9.53 Å². The Morgan fingerprint density at radius 1 is 1.33 bits per heavy atom. The molecule has 2 saturated carbocycles. The maximum atomic E-state index is 11.9. The van der Waals surface area contributed by atoms with E-state index in [1.165, 1.54) is 0 Å². The summed E-state index contributed by atoms with van der Waals surface area (Å²) in [6.07, 6.45) is 1.92. The van der Waals surface area contributed by atoms with E-state index in [0.29, 0.717) is 38.7 Å². The third-order valence-electron chi connectivity index (χ3n) is 4.69. The van der Waals surface area contributed by atoms with Crippen LogP contribution in [0.25, 0.3) is 0 Å². The lowest BCUT2D eigenvalue weighted by atomic mass is 9.64. The molecule has 5 heteroatoms. The summed E-state index contributed by atoms with van der Waals surface area (Å²) >= 11 is 0. The normalized spacial score (nSPS) is 44.2. The number of carbonyl (C=O) groups is 1. The molecule has 0 aromatic heterocycles. The first-order chi connectivity index (χ1) is 8.51. The van der Waals surface area contributed by atoms with Crippen LogP contribution in [0.2, 0.25) is 0 Å². The van der Waals surface area contributed by atoms with Gasteiger partial charge in [0, 0.05) is 11.5 Å². The second-order valence-corrected chi connectivity index (χ2v) is 5.61. The summed E-state index contributed by atoms with van der Waals surface area (Å²) < 4.78 is 5.04. The van der Waals surface area contributed by atoms with Gasteiger partial charge in [-0.15, -0.1) is 0 Å². The molecule has 18 heavy (non-hydrogen) atoms. The van der Waals surface area contributed by atoms with Crippen molar-refractivity contribution < 1.29 is 19.7 Å². The number of nitrogens with two attached hydrogens (primary N) is 1. The molecule has 104 valence electrons. The highest BCUT2D eigenvalue weighted by Gasteiger charge is 2.54. The molecule has 2 rings (SSSR count). The smallest absolute Gasteiger partial charge is 0.310 e. The van der Waals surface area contributed by atoms with Crippen LogP contribution in [0, 0.1) is 11.3 Å². The molecular formula is C13H23NO4. The lowest BCUT2D eigenvalue weighted by molar-refractivity contribution is -0.155. The van der Waals surface area contributed by atoms with Gasteiger partial charge in [-0.2, -0.15) is 0 Å². The van der Waals surface area contributed by atoms with Crippen LogP contribution in [0.5, 0.6) is 0 Å². The Hall–Kier alpha value is -0.650. The molecule has 0 aliphatic heterocycles. The molecule has 4 N–H and O–H groups in total. The molecule has 2 fully saturated rings. The van der Waals surface area contributed by atoms with Crippen molar-refractivity contribution >= 4 is 5.97 Å². The third-order valence-corrected chi connectivity index (χ3v) is 4.69. The van der Waals surface area contributed by atoms with Crippen molar-refractivity contribution in [3.8, 4) is 0 Å². The Kier molecular flexibility index (Phi) is 3.94. The maximum absolute atomic E-state index is 11.9. The quantitative estimate of drug-likeness (QED) is 0.614. The number of hydrogen-bond acceptors (Lipinski definition) is 5. The van der Waals surface area contributed by atoms with Crippen LogP contribution in [0.1, 0.15) is 39.0 Å². The Bertz CT molecular complexity index is 310. The highest BCUT2D eigenvalue weighted by molar-refractivity contribution is 5.73. The molecule has 0 bridgehead atoms. The van der Waals surface area contributed by atoms with E-state index in [1.807, 2.05) is 0 Å². The van der Waals surface area contributed by atoms with Gasteiger partial charge < -0.3 is 20.7 Å². The molecule has 0 heterocycles. The fourth-order valence-corrected chi connectivity index (χ4v) is 3.52. The molecular weight excluding hydrogens is 234 g/mol. The van der Waals surface area contributed by atoms with Crippen LogP contribution in [0.4, 0.5) is 0 Å². The van der Waals surface area contributed by atoms with Crippen molar-refractivity contribution in [2.75, 3.05) is 6.61 Å². The molecule has 0 saturated heterocycles. The summed E-state index contributed by atoms with van der Waals surface area (Å²) in [7, 11) is 0. The van der Waals surface area contributed by atoms with E-state index in [1.54, 1.807) is 6.92 Å². The second-order valence-electron chi connectivity index (χ2n) is 5.61. The minimum Gasteiger partial charge on any atom is -0.466 e. The summed E-state index contributed by atoms with van der Waals surface area (Å²) in [6, 6.07) is -0.227. The van der Waals surface area contributed by atoms with Crippen molar-refractivity contribution in [2.45, 2.75) is 57.3 Å². The Labute approximate surface area is 107 Å². The van der Waals surface area contributed by atoms with Gasteiger partial charge in [0.15, 0.2) is 0 Å². The summed E-state index contributed by atoms with van der Waals surface area (Å²) in [5, 5.41) is 20.3. The van der Waals surface area contributed by atoms with Crippen LogP contribution in [0.3, 0.4) is 0 Å². The van der Waals surface area contributed by atoms with Gasteiger partial charge in [0.2, 0.25) is 0 Å². The molecule has 2 aliphatic carbocycles. The van der Waals surface area contributed by atoms with Crippen molar-refractivity contribution in [3.05, 3.63) is 0 Å². The van der Waals surface area contributed by atoms with E-state index >= 15 is 0 Å². The number of carbonyl (C=O) groups excluding carboxylic acids is 1. The van der Waals surface area contributed by atoms with E-state index in [4.69, 9.17) is 10.5 Å². The lowest BCUT2D eigenvalue weighted by Crippen LogP contribution is -2.51. The standard InChI is InChI=1S/C13H23NO4/c1-2-18-12(17)8-7-13(6-5-9(8)14)10(15)3-4-11(13)16/h8-11,15-16H,2-7,14H2,1H3. The highest BCUT2D eigenvalue weighted by Crippen LogP contribution is 2.50. The number of esters is 1. The number of ether oxygens (including phenoxy) is 1. The molecule has 0 radical (unpaired) electrons. The first-order valence-corrected chi connectivity index (χ1v) is 6.79.